The van der Waals surface area contributed by atoms with Gasteiger partial charge in [0.15, 0.2) is 0 Å². The van der Waals surface area contributed by atoms with Gasteiger partial charge in [0, 0.05) is 50.7 Å². The van der Waals surface area contributed by atoms with Crippen molar-refractivity contribution in [2.75, 3.05) is 4.90 Å². The van der Waals surface area contributed by atoms with Crippen molar-refractivity contribution in [1.29, 1.82) is 0 Å². The molecule has 0 spiro atoms. The van der Waals surface area contributed by atoms with Gasteiger partial charge in [-0.15, -0.1) is 0 Å². The average Bonchev–Trinajstić information content (AvgIpc) is 3.41. The molecule has 1 aliphatic carbocycles. The number of para-hydroxylation sites is 2. The van der Waals surface area contributed by atoms with Crippen LogP contribution < -0.4 is 4.90 Å². The Morgan fingerprint density at radius 1 is 0.800 bits per heavy atom. The quantitative estimate of drug-likeness (QED) is 0.251. The lowest BCUT2D eigenvalue weighted by Crippen LogP contribution is -2.34. The van der Waals surface area contributed by atoms with Crippen molar-refractivity contribution in [2.24, 2.45) is 0 Å². The predicted molar refractivity (Wildman–Crippen MR) is 146 cm³/mol. The molecular weight excluding hydrogens is 426 g/mol. The molecule has 0 fully saturated rings. The Kier molecular flexibility index (Phi) is 3.58. The number of rotatable bonds is 1. The average molecular weight is 452 g/mol. The number of aromatic nitrogens is 2. The van der Waals surface area contributed by atoms with Crippen molar-refractivity contribution in [3.63, 3.8) is 0 Å². The summed E-state index contributed by atoms with van der Waals surface area (Å²) in [5, 5.41) is 4.96. The van der Waals surface area contributed by atoms with Gasteiger partial charge in [0.1, 0.15) is 0 Å². The number of nitrogens with zero attached hydrogens (tertiary/aromatic N) is 3. The van der Waals surface area contributed by atoms with Crippen LogP contribution in [-0.2, 0) is 5.41 Å². The summed E-state index contributed by atoms with van der Waals surface area (Å²) >= 11 is 0. The van der Waals surface area contributed by atoms with E-state index in [4.69, 9.17) is 0 Å². The third-order valence-corrected chi connectivity index (χ3v) is 8.31. The minimum absolute atomic E-state index is 0.0245. The molecule has 0 N–H and O–H groups in total. The van der Waals surface area contributed by atoms with Gasteiger partial charge in [0.05, 0.1) is 22.2 Å². The number of fused-ring (bicyclic) bond motifs is 7. The van der Waals surface area contributed by atoms with Crippen LogP contribution in [0.1, 0.15) is 32.3 Å². The van der Waals surface area contributed by atoms with Crippen LogP contribution in [0.15, 0.2) is 103 Å². The highest BCUT2D eigenvalue weighted by molar-refractivity contribution is 6.23. The minimum Gasteiger partial charge on any atom is -0.310 e. The molecule has 0 bridgehead atoms. The van der Waals surface area contributed by atoms with Crippen molar-refractivity contribution in [3.05, 3.63) is 108 Å². The van der Waals surface area contributed by atoms with Crippen molar-refractivity contribution >= 4 is 49.5 Å². The van der Waals surface area contributed by atoms with Crippen LogP contribution in [0.25, 0.3) is 38.1 Å². The maximum absolute atomic E-state index is 4.65. The van der Waals surface area contributed by atoms with E-state index in [0.29, 0.717) is 0 Å². The SMILES string of the molecule is CC1(C)C2=C(C=CCC2)N(c2ccc3c(c2)c2cncc4c5ccccc5n3c42)c2ccccc21. The molecule has 0 unspecified atom stereocenters. The Morgan fingerprint density at radius 3 is 2.49 bits per heavy atom. The highest BCUT2D eigenvalue weighted by atomic mass is 15.2. The molecule has 0 saturated heterocycles. The van der Waals surface area contributed by atoms with E-state index in [1.165, 1.54) is 66.3 Å². The van der Waals surface area contributed by atoms with Crippen molar-refractivity contribution in [2.45, 2.75) is 32.1 Å². The molecule has 8 rings (SSSR count). The molecule has 0 amide bonds. The van der Waals surface area contributed by atoms with E-state index in [1.807, 2.05) is 12.4 Å². The zero-order valence-corrected chi connectivity index (χ0v) is 19.9. The summed E-state index contributed by atoms with van der Waals surface area (Å²) in [6, 6.07) is 24.5. The van der Waals surface area contributed by atoms with E-state index < -0.39 is 0 Å². The molecule has 6 aromatic rings. The standard InChI is InChI=1S/C32H25N3/c1-32(2)25-10-4-7-13-29(25)34(30-14-8-5-11-26(30)32)20-15-16-28-22(17-20)24-19-33-18-23-21-9-3-6-12-27(21)35(28)31(23)24/h3-4,6-10,12-19H,5,11H2,1-2H3. The van der Waals surface area contributed by atoms with Gasteiger partial charge in [-0.1, -0.05) is 56.3 Å². The van der Waals surface area contributed by atoms with E-state index in [-0.39, 0.29) is 5.41 Å². The summed E-state index contributed by atoms with van der Waals surface area (Å²) in [5.74, 6) is 0. The number of benzene rings is 3. The lowest BCUT2D eigenvalue weighted by molar-refractivity contribution is 0.571. The number of hydrogen-bond donors (Lipinski definition) is 0. The second-order valence-electron chi connectivity index (χ2n) is 10.4. The van der Waals surface area contributed by atoms with Crippen LogP contribution >= 0.6 is 0 Å². The first-order valence-electron chi connectivity index (χ1n) is 12.5. The van der Waals surface area contributed by atoms with Gasteiger partial charge in [-0.05, 0) is 60.4 Å². The van der Waals surface area contributed by atoms with Crippen LogP contribution in [-0.4, -0.2) is 9.38 Å². The highest BCUT2D eigenvalue weighted by Gasteiger charge is 2.38. The zero-order chi connectivity index (χ0) is 23.3. The van der Waals surface area contributed by atoms with Gasteiger partial charge in [-0.25, -0.2) is 0 Å². The number of allylic oxidation sites excluding steroid dienone is 3. The molecule has 3 aromatic heterocycles. The smallest absolute Gasteiger partial charge is 0.0651 e. The first-order chi connectivity index (χ1) is 17.1. The topological polar surface area (TPSA) is 20.5 Å². The summed E-state index contributed by atoms with van der Waals surface area (Å²) in [6.07, 6.45) is 10.9. The molecule has 4 heterocycles. The predicted octanol–water partition coefficient (Wildman–Crippen LogP) is 8.27. The van der Waals surface area contributed by atoms with Crippen LogP contribution in [0.2, 0.25) is 0 Å². The highest BCUT2D eigenvalue weighted by Crippen LogP contribution is 2.51. The van der Waals surface area contributed by atoms with Gasteiger partial charge < -0.3 is 9.30 Å². The van der Waals surface area contributed by atoms with Crippen LogP contribution in [0.4, 0.5) is 11.4 Å². The zero-order valence-electron chi connectivity index (χ0n) is 19.9. The first kappa shape index (κ1) is 19.2. The van der Waals surface area contributed by atoms with Crippen molar-refractivity contribution < 1.29 is 0 Å². The Hall–Kier alpha value is -4.11. The van der Waals surface area contributed by atoms with Gasteiger partial charge >= 0.3 is 0 Å². The van der Waals surface area contributed by atoms with Crippen LogP contribution in [0.3, 0.4) is 0 Å². The maximum Gasteiger partial charge on any atom is 0.0651 e. The molecule has 168 valence electrons. The number of anilines is 2. The molecule has 0 saturated carbocycles. The normalized spacial score (nSPS) is 17.1. The summed E-state index contributed by atoms with van der Waals surface area (Å²) in [7, 11) is 0. The second kappa shape index (κ2) is 6.51. The van der Waals surface area contributed by atoms with E-state index in [0.717, 1.165) is 12.8 Å². The van der Waals surface area contributed by atoms with E-state index in [9.17, 15) is 0 Å². The molecule has 1 aliphatic heterocycles. The van der Waals surface area contributed by atoms with Crippen molar-refractivity contribution in [1.82, 2.24) is 9.38 Å². The van der Waals surface area contributed by atoms with Gasteiger partial charge in [-0.2, -0.15) is 0 Å². The summed E-state index contributed by atoms with van der Waals surface area (Å²) in [4.78, 5) is 7.13. The molecule has 3 heteroatoms. The van der Waals surface area contributed by atoms with Gasteiger partial charge in [0.25, 0.3) is 0 Å². The molecule has 2 aliphatic rings. The van der Waals surface area contributed by atoms with Crippen LogP contribution in [0.5, 0.6) is 0 Å². The van der Waals surface area contributed by atoms with Crippen LogP contribution in [0, 0.1) is 0 Å². The molecule has 0 radical (unpaired) electrons. The third-order valence-electron chi connectivity index (χ3n) is 8.31. The Balaban J connectivity index is 1.45. The summed E-state index contributed by atoms with van der Waals surface area (Å²) in [5.41, 5.74) is 10.5. The third kappa shape index (κ3) is 2.33. The van der Waals surface area contributed by atoms with E-state index in [2.05, 4.69) is 107 Å². The molecule has 3 nitrogen and oxygen atoms in total. The Morgan fingerprint density at radius 2 is 1.57 bits per heavy atom. The largest absolute Gasteiger partial charge is 0.310 e. The number of hydrogen-bond acceptors (Lipinski definition) is 2. The van der Waals surface area contributed by atoms with Crippen molar-refractivity contribution in [3.8, 4) is 0 Å². The second-order valence-corrected chi connectivity index (χ2v) is 10.4. The minimum atomic E-state index is 0.0245. The molecular formula is C32H25N3. The summed E-state index contributed by atoms with van der Waals surface area (Å²) in [6.45, 7) is 4.76. The fraction of sp³-hybridized carbons (Fsp3) is 0.156. The number of pyridine rings is 1. The Bertz CT molecular complexity index is 1880. The fourth-order valence-electron chi connectivity index (χ4n) is 6.69. The molecule has 0 atom stereocenters. The summed E-state index contributed by atoms with van der Waals surface area (Å²) < 4.78 is 2.42. The van der Waals surface area contributed by atoms with E-state index in [1.54, 1.807) is 0 Å². The first-order valence-corrected chi connectivity index (χ1v) is 12.5. The van der Waals surface area contributed by atoms with Gasteiger partial charge in [-0.3, -0.25) is 4.98 Å². The maximum atomic E-state index is 4.65. The van der Waals surface area contributed by atoms with E-state index >= 15 is 0 Å². The molecule has 3 aromatic carbocycles. The lowest BCUT2D eigenvalue weighted by atomic mass is 9.70. The van der Waals surface area contributed by atoms with Gasteiger partial charge in [0.2, 0.25) is 0 Å². The Labute approximate surface area is 204 Å². The lowest BCUT2D eigenvalue weighted by Gasteiger charge is -2.44. The fourth-order valence-corrected chi connectivity index (χ4v) is 6.69. The monoisotopic (exact) mass is 451 g/mol. The molecule has 35 heavy (non-hydrogen) atoms.